The molecule has 0 aromatic heterocycles. The molecule has 1 rings (SSSR count). The molecular weight excluding hydrogens is 234 g/mol. The summed E-state index contributed by atoms with van der Waals surface area (Å²) in [6.45, 7) is 15.4. The van der Waals surface area contributed by atoms with Crippen LogP contribution in [-0.4, -0.2) is 12.5 Å². The van der Waals surface area contributed by atoms with Crippen molar-refractivity contribution in [3.05, 3.63) is 34.9 Å². The standard InChI is InChI=1S/C17H27NO/c1-12-8-9-14(16(3,4)5)10-15(12)17(6,7)11-18-13(2)19/h8-10H,11H2,1-7H3,(H,18,19). The van der Waals surface area contributed by atoms with Crippen LogP contribution < -0.4 is 5.32 Å². The second-order valence-electron chi connectivity index (χ2n) is 7.07. The Balaban J connectivity index is 3.14. The topological polar surface area (TPSA) is 29.1 Å². The lowest BCUT2D eigenvalue weighted by atomic mass is 9.77. The summed E-state index contributed by atoms with van der Waals surface area (Å²) in [5.41, 5.74) is 4.02. The molecular formula is C17H27NO. The Bertz CT molecular complexity index is 467. The normalized spacial score (nSPS) is 12.4. The lowest BCUT2D eigenvalue weighted by Crippen LogP contribution is -2.36. The molecule has 0 heterocycles. The van der Waals surface area contributed by atoms with E-state index >= 15 is 0 Å². The predicted molar refractivity (Wildman–Crippen MR) is 81.6 cm³/mol. The molecule has 0 bridgehead atoms. The van der Waals surface area contributed by atoms with Crippen LogP contribution in [0.2, 0.25) is 0 Å². The van der Waals surface area contributed by atoms with Gasteiger partial charge in [0.15, 0.2) is 0 Å². The van der Waals surface area contributed by atoms with Crippen LogP contribution in [0.25, 0.3) is 0 Å². The fourth-order valence-corrected chi connectivity index (χ4v) is 2.26. The zero-order valence-electron chi connectivity index (χ0n) is 13.3. The third-order valence-corrected chi connectivity index (χ3v) is 3.61. The number of amides is 1. The van der Waals surface area contributed by atoms with Gasteiger partial charge in [0.1, 0.15) is 0 Å². The van der Waals surface area contributed by atoms with E-state index in [4.69, 9.17) is 0 Å². The van der Waals surface area contributed by atoms with Crippen molar-refractivity contribution >= 4 is 5.91 Å². The van der Waals surface area contributed by atoms with Gasteiger partial charge in [-0.05, 0) is 29.0 Å². The quantitative estimate of drug-likeness (QED) is 0.883. The highest BCUT2D eigenvalue weighted by atomic mass is 16.1. The van der Waals surface area contributed by atoms with Crippen molar-refractivity contribution in [3.8, 4) is 0 Å². The van der Waals surface area contributed by atoms with E-state index in [1.807, 2.05) is 0 Å². The Morgan fingerprint density at radius 3 is 2.21 bits per heavy atom. The minimum absolute atomic E-state index is 0.0257. The zero-order chi connectivity index (χ0) is 14.8. The highest BCUT2D eigenvalue weighted by molar-refractivity contribution is 5.73. The number of rotatable bonds is 3. The van der Waals surface area contributed by atoms with Gasteiger partial charge in [0.05, 0.1) is 0 Å². The van der Waals surface area contributed by atoms with Crippen LogP contribution >= 0.6 is 0 Å². The summed E-state index contributed by atoms with van der Waals surface area (Å²) in [5, 5.41) is 2.93. The molecule has 0 aliphatic rings. The van der Waals surface area contributed by atoms with E-state index in [9.17, 15) is 4.79 Å². The number of carbonyl (C=O) groups is 1. The van der Waals surface area contributed by atoms with E-state index in [-0.39, 0.29) is 16.7 Å². The Labute approximate surface area is 117 Å². The van der Waals surface area contributed by atoms with Crippen LogP contribution in [0.15, 0.2) is 18.2 Å². The third-order valence-electron chi connectivity index (χ3n) is 3.61. The molecule has 1 aromatic carbocycles. The summed E-state index contributed by atoms with van der Waals surface area (Å²) in [5.74, 6) is 0.0257. The van der Waals surface area contributed by atoms with Gasteiger partial charge in [-0.25, -0.2) is 0 Å². The molecule has 0 fully saturated rings. The first-order chi connectivity index (χ1) is 8.54. The molecule has 0 spiro atoms. The minimum atomic E-state index is -0.0585. The second-order valence-corrected chi connectivity index (χ2v) is 7.07. The van der Waals surface area contributed by atoms with Crippen LogP contribution in [0.5, 0.6) is 0 Å². The van der Waals surface area contributed by atoms with Crippen molar-refractivity contribution in [2.75, 3.05) is 6.54 Å². The van der Waals surface area contributed by atoms with Gasteiger partial charge in [0, 0.05) is 18.9 Å². The van der Waals surface area contributed by atoms with Crippen LogP contribution in [0.4, 0.5) is 0 Å². The third kappa shape index (κ3) is 4.09. The molecule has 0 saturated heterocycles. The van der Waals surface area contributed by atoms with Gasteiger partial charge in [-0.1, -0.05) is 52.8 Å². The Kier molecular flexibility index (Phi) is 4.44. The van der Waals surface area contributed by atoms with E-state index < -0.39 is 0 Å². The molecule has 0 atom stereocenters. The molecule has 0 saturated carbocycles. The summed E-state index contributed by atoms with van der Waals surface area (Å²) in [7, 11) is 0. The number of benzene rings is 1. The summed E-state index contributed by atoms with van der Waals surface area (Å²) in [4.78, 5) is 11.1. The smallest absolute Gasteiger partial charge is 0.216 e. The van der Waals surface area contributed by atoms with Crippen LogP contribution in [0, 0.1) is 6.92 Å². The van der Waals surface area contributed by atoms with Gasteiger partial charge >= 0.3 is 0 Å². The monoisotopic (exact) mass is 261 g/mol. The SMILES string of the molecule is CC(=O)NCC(C)(C)c1cc(C(C)(C)C)ccc1C. The summed E-state index contributed by atoms with van der Waals surface area (Å²) < 4.78 is 0. The second kappa shape index (κ2) is 5.36. The molecule has 0 radical (unpaired) electrons. The van der Waals surface area contributed by atoms with Crippen LogP contribution in [0.1, 0.15) is 58.2 Å². The van der Waals surface area contributed by atoms with Gasteiger partial charge in [0.25, 0.3) is 0 Å². The highest BCUT2D eigenvalue weighted by Gasteiger charge is 2.25. The highest BCUT2D eigenvalue weighted by Crippen LogP contribution is 2.31. The van der Waals surface area contributed by atoms with Gasteiger partial charge in [-0.3, -0.25) is 4.79 Å². The summed E-state index contributed by atoms with van der Waals surface area (Å²) in [6.07, 6.45) is 0. The maximum atomic E-state index is 11.1. The van der Waals surface area contributed by atoms with Crippen molar-refractivity contribution < 1.29 is 4.79 Å². The van der Waals surface area contributed by atoms with Gasteiger partial charge in [-0.15, -0.1) is 0 Å². The molecule has 1 N–H and O–H groups in total. The van der Waals surface area contributed by atoms with Gasteiger partial charge < -0.3 is 5.32 Å². The van der Waals surface area contributed by atoms with Crippen molar-refractivity contribution in [1.82, 2.24) is 5.32 Å². The van der Waals surface area contributed by atoms with Crippen molar-refractivity contribution in [2.24, 2.45) is 0 Å². The lowest BCUT2D eigenvalue weighted by Gasteiger charge is -2.30. The largest absolute Gasteiger partial charge is 0.355 e. The first kappa shape index (κ1) is 15.7. The van der Waals surface area contributed by atoms with Crippen molar-refractivity contribution in [1.29, 1.82) is 0 Å². The molecule has 19 heavy (non-hydrogen) atoms. The number of hydrogen-bond acceptors (Lipinski definition) is 1. The molecule has 2 heteroatoms. The summed E-state index contributed by atoms with van der Waals surface area (Å²) >= 11 is 0. The number of nitrogens with one attached hydrogen (secondary N) is 1. The Hall–Kier alpha value is -1.31. The number of hydrogen-bond donors (Lipinski definition) is 1. The van der Waals surface area contributed by atoms with Gasteiger partial charge in [-0.2, -0.15) is 0 Å². The van der Waals surface area contributed by atoms with Crippen LogP contribution in [0.3, 0.4) is 0 Å². The predicted octanol–water partition coefficient (Wildman–Crippen LogP) is 3.71. The van der Waals surface area contributed by atoms with Crippen molar-refractivity contribution in [3.63, 3.8) is 0 Å². The molecule has 106 valence electrons. The average molecular weight is 261 g/mol. The Morgan fingerprint density at radius 2 is 1.74 bits per heavy atom. The molecule has 1 amide bonds. The maximum absolute atomic E-state index is 11.1. The summed E-state index contributed by atoms with van der Waals surface area (Å²) in [6, 6.07) is 6.68. The van der Waals surface area contributed by atoms with Crippen molar-refractivity contribution in [2.45, 2.75) is 59.3 Å². The molecule has 0 aliphatic carbocycles. The van der Waals surface area contributed by atoms with Crippen LogP contribution in [-0.2, 0) is 15.6 Å². The van der Waals surface area contributed by atoms with E-state index in [0.29, 0.717) is 6.54 Å². The zero-order valence-corrected chi connectivity index (χ0v) is 13.3. The molecule has 0 unspecified atom stereocenters. The maximum Gasteiger partial charge on any atom is 0.216 e. The minimum Gasteiger partial charge on any atom is -0.355 e. The number of carbonyl (C=O) groups excluding carboxylic acids is 1. The van der Waals surface area contributed by atoms with E-state index in [1.165, 1.54) is 16.7 Å². The fraction of sp³-hybridized carbons (Fsp3) is 0.588. The lowest BCUT2D eigenvalue weighted by molar-refractivity contribution is -0.119. The average Bonchev–Trinajstić information content (AvgIpc) is 2.25. The molecule has 1 aromatic rings. The Morgan fingerprint density at radius 1 is 1.16 bits per heavy atom. The van der Waals surface area contributed by atoms with E-state index in [2.05, 4.69) is 65.1 Å². The first-order valence-electron chi connectivity index (χ1n) is 6.90. The van der Waals surface area contributed by atoms with Gasteiger partial charge in [0.2, 0.25) is 5.91 Å². The molecule has 0 aliphatic heterocycles. The first-order valence-corrected chi connectivity index (χ1v) is 6.90. The number of aryl methyl sites for hydroxylation is 1. The molecule has 2 nitrogen and oxygen atoms in total. The van der Waals surface area contributed by atoms with E-state index in [1.54, 1.807) is 6.92 Å². The van der Waals surface area contributed by atoms with E-state index in [0.717, 1.165) is 0 Å². The fourth-order valence-electron chi connectivity index (χ4n) is 2.26.